The molecule has 0 atom stereocenters. The van der Waals surface area contributed by atoms with E-state index in [1.165, 1.54) is 24.3 Å². The molecule has 1 aliphatic rings. The second-order valence-electron chi connectivity index (χ2n) is 6.85. The number of piperazine rings is 1. The van der Waals surface area contributed by atoms with E-state index < -0.39 is 21.8 Å². The molecule has 10 heteroatoms. The zero-order valence-electron chi connectivity index (χ0n) is 15.6. The van der Waals surface area contributed by atoms with Gasteiger partial charge in [-0.15, -0.1) is 0 Å². The van der Waals surface area contributed by atoms with Crippen LogP contribution in [0.2, 0.25) is 0 Å². The fourth-order valence-electron chi connectivity index (χ4n) is 3.23. The van der Waals surface area contributed by atoms with Crippen LogP contribution in [0.1, 0.15) is 21.5 Å². The van der Waals surface area contributed by atoms with Gasteiger partial charge >= 0.3 is 6.18 Å². The van der Waals surface area contributed by atoms with Crippen LogP contribution in [-0.2, 0) is 16.2 Å². The number of nitrogens with zero attached hydrogens (tertiary/aromatic N) is 2. The average molecular weight is 427 g/mol. The second-order valence-corrected chi connectivity index (χ2v) is 8.41. The summed E-state index contributed by atoms with van der Waals surface area (Å²) in [5.74, 6) is -0.336. The van der Waals surface area contributed by atoms with Crippen LogP contribution in [0.25, 0.3) is 0 Å². The molecule has 156 valence electrons. The van der Waals surface area contributed by atoms with Gasteiger partial charge in [-0.25, -0.2) is 13.6 Å². The van der Waals surface area contributed by atoms with Crippen molar-refractivity contribution in [1.29, 1.82) is 0 Å². The third-order valence-corrected chi connectivity index (χ3v) is 5.78. The molecule has 0 bridgehead atoms. The third-order valence-electron chi connectivity index (χ3n) is 4.87. The molecule has 3 rings (SSSR count). The number of primary sulfonamides is 1. The Hall–Kier alpha value is -2.59. The van der Waals surface area contributed by atoms with Crippen molar-refractivity contribution < 1.29 is 26.4 Å². The van der Waals surface area contributed by atoms with Crippen molar-refractivity contribution >= 4 is 21.6 Å². The number of halogens is 3. The van der Waals surface area contributed by atoms with Crippen LogP contribution in [0.5, 0.6) is 0 Å². The van der Waals surface area contributed by atoms with Gasteiger partial charge in [0.2, 0.25) is 10.0 Å². The van der Waals surface area contributed by atoms with E-state index in [9.17, 15) is 26.4 Å². The summed E-state index contributed by atoms with van der Waals surface area (Å²) in [6, 6.07) is 9.19. The van der Waals surface area contributed by atoms with Crippen molar-refractivity contribution in [2.45, 2.75) is 18.0 Å². The molecule has 1 heterocycles. The van der Waals surface area contributed by atoms with Crippen LogP contribution in [0.3, 0.4) is 0 Å². The van der Waals surface area contributed by atoms with Gasteiger partial charge in [-0.2, -0.15) is 13.2 Å². The number of nitrogens with two attached hydrogens (primary N) is 1. The summed E-state index contributed by atoms with van der Waals surface area (Å²) >= 11 is 0. The monoisotopic (exact) mass is 427 g/mol. The fraction of sp³-hybridized carbons (Fsp3) is 0.316. The molecule has 2 aromatic rings. The molecular formula is C19H20F3N3O3S. The molecule has 1 amide bonds. The molecule has 0 radical (unpaired) electrons. The first-order valence-corrected chi connectivity index (χ1v) is 10.4. The molecular weight excluding hydrogens is 407 g/mol. The standard InChI is InChI=1S/C19H20F3N3O3S/c1-13-5-6-16(29(23,27)28)12-17(13)18(26)25-9-7-24(8-10-25)15-4-2-3-14(11-15)19(20,21)22/h2-6,11-12H,7-10H2,1H3,(H2,23,27,28). The highest BCUT2D eigenvalue weighted by molar-refractivity contribution is 7.89. The minimum Gasteiger partial charge on any atom is -0.368 e. The van der Waals surface area contributed by atoms with Crippen LogP contribution in [0, 0.1) is 6.92 Å². The van der Waals surface area contributed by atoms with Gasteiger partial charge in [-0.05, 0) is 42.8 Å². The largest absolute Gasteiger partial charge is 0.416 e. The lowest BCUT2D eigenvalue weighted by molar-refractivity contribution is -0.137. The smallest absolute Gasteiger partial charge is 0.368 e. The maximum Gasteiger partial charge on any atom is 0.416 e. The lowest BCUT2D eigenvalue weighted by atomic mass is 10.1. The minimum absolute atomic E-state index is 0.144. The maximum atomic E-state index is 12.9. The van der Waals surface area contributed by atoms with Crippen molar-refractivity contribution in [1.82, 2.24) is 4.90 Å². The number of sulfonamides is 1. The molecule has 0 aliphatic carbocycles. The van der Waals surface area contributed by atoms with Crippen molar-refractivity contribution in [3.63, 3.8) is 0 Å². The molecule has 2 aromatic carbocycles. The van der Waals surface area contributed by atoms with E-state index in [0.717, 1.165) is 12.1 Å². The molecule has 0 aromatic heterocycles. The number of anilines is 1. The number of benzene rings is 2. The summed E-state index contributed by atoms with van der Waals surface area (Å²) < 4.78 is 61.9. The molecule has 6 nitrogen and oxygen atoms in total. The predicted molar refractivity (Wildman–Crippen MR) is 102 cm³/mol. The Morgan fingerprint density at radius 2 is 1.69 bits per heavy atom. The number of amides is 1. The topological polar surface area (TPSA) is 83.7 Å². The molecule has 1 fully saturated rings. The van der Waals surface area contributed by atoms with Gasteiger partial charge in [-0.1, -0.05) is 12.1 Å². The van der Waals surface area contributed by atoms with Gasteiger partial charge in [0.25, 0.3) is 5.91 Å². The summed E-state index contributed by atoms with van der Waals surface area (Å²) in [5.41, 5.74) is 0.579. The van der Waals surface area contributed by atoms with Crippen LogP contribution in [-0.4, -0.2) is 45.4 Å². The minimum atomic E-state index is -4.42. The Balaban J connectivity index is 1.74. The maximum absolute atomic E-state index is 12.9. The van der Waals surface area contributed by atoms with Crippen molar-refractivity contribution in [3.05, 3.63) is 59.2 Å². The van der Waals surface area contributed by atoms with Crippen LogP contribution in [0.4, 0.5) is 18.9 Å². The van der Waals surface area contributed by atoms with E-state index in [2.05, 4.69) is 0 Å². The number of hydrogen-bond acceptors (Lipinski definition) is 4. The quantitative estimate of drug-likeness (QED) is 0.816. The van der Waals surface area contributed by atoms with E-state index in [-0.39, 0.29) is 16.4 Å². The molecule has 29 heavy (non-hydrogen) atoms. The third kappa shape index (κ3) is 4.70. The first-order chi connectivity index (χ1) is 13.5. The van der Waals surface area contributed by atoms with E-state index in [4.69, 9.17) is 5.14 Å². The van der Waals surface area contributed by atoms with Gasteiger partial charge in [0.15, 0.2) is 0 Å². The van der Waals surface area contributed by atoms with E-state index in [1.54, 1.807) is 22.8 Å². The molecule has 0 unspecified atom stereocenters. The van der Waals surface area contributed by atoms with E-state index >= 15 is 0 Å². The van der Waals surface area contributed by atoms with Crippen LogP contribution in [0.15, 0.2) is 47.4 Å². The highest BCUT2D eigenvalue weighted by Gasteiger charge is 2.31. The van der Waals surface area contributed by atoms with Gasteiger partial charge in [0.05, 0.1) is 10.5 Å². The second kappa shape index (κ2) is 7.68. The summed E-state index contributed by atoms with van der Waals surface area (Å²) in [7, 11) is -3.94. The first-order valence-electron chi connectivity index (χ1n) is 8.82. The lowest BCUT2D eigenvalue weighted by Gasteiger charge is -2.36. The Morgan fingerprint density at radius 3 is 2.28 bits per heavy atom. The van der Waals surface area contributed by atoms with Gasteiger partial charge in [0, 0.05) is 37.4 Å². The Kier molecular flexibility index (Phi) is 5.59. The summed E-state index contributed by atoms with van der Waals surface area (Å²) in [5, 5.41) is 5.14. The molecule has 1 saturated heterocycles. The normalized spacial score (nSPS) is 15.5. The predicted octanol–water partition coefficient (Wildman–Crippen LogP) is 2.62. The fourth-order valence-corrected chi connectivity index (χ4v) is 3.77. The number of carbonyl (C=O) groups excluding carboxylic acids is 1. The Bertz CT molecular complexity index is 1030. The zero-order valence-corrected chi connectivity index (χ0v) is 16.4. The van der Waals surface area contributed by atoms with Crippen LogP contribution >= 0.6 is 0 Å². The highest BCUT2D eigenvalue weighted by atomic mass is 32.2. The van der Waals surface area contributed by atoms with Gasteiger partial charge in [0.1, 0.15) is 0 Å². The summed E-state index contributed by atoms with van der Waals surface area (Å²) in [4.78, 5) is 16.0. The number of aryl methyl sites for hydroxylation is 1. The summed E-state index contributed by atoms with van der Waals surface area (Å²) in [6.07, 6.45) is -4.42. The Morgan fingerprint density at radius 1 is 1.03 bits per heavy atom. The van der Waals surface area contributed by atoms with Gasteiger partial charge in [-0.3, -0.25) is 4.79 Å². The molecule has 0 spiro atoms. The van der Waals surface area contributed by atoms with Crippen molar-refractivity contribution in [3.8, 4) is 0 Å². The van der Waals surface area contributed by atoms with E-state index in [0.29, 0.717) is 37.4 Å². The number of hydrogen-bond donors (Lipinski definition) is 1. The van der Waals surface area contributed by atoms with Crippen molar-refractivity contribution in [2.75, 3.05) is 31.1 Å². The van der Waals surface area contributed by atoms with Crippen molar-refractivity contribution in [2.24, 2.45) is 5.14 Å². The lowest BCUT2D eigenvalue weighted by Crippen LogP contribution is -2.49. The number of carbonyl (C=O) groups is 1. The van der Waals surface area contributed by atoms with Crippen LogP contribution < -0.4 is 10.0 Å². The number of alkyl halides is 3. The summed E-state index contributed by atoms with van der Waals surface area (Å²) in [6.45, 7) is 3.02. The first kappa shape index (κ1) is 21.1. The molecule has 0 saturated carbocycles. The highest BCUT2D eigenvalue weighted by Crippen LogP contribution is 2.32. The van der Waals surface area contributed by atoms with E-state index in [1.807, 2.05) is 0 Å². The number of rotatable bonds is 3. The molecule has 2 N–H and O–H groups in total. The Labute approximate surface area is 166 Å². The van der Waals surface area contributed by atoms with Gasteiger partial charge < -0.3 is 9.80 Å². The zero-order chi connectivity index (χ0) is 21.4. The average Bonchev–Trinajstić information content (AvgIpc) is 2.66. The molecule has 1 aliphatic heterocycles. The SMILES string of the molecule is Cc1ccc(S(N)(=O)=O)cc1C(=O)N1CCN(c2cccc(C(F)(F)F)c2)CC1.